The van der Waals surface area contributed by atoms with Crippen molar-refractivity contribution in [2.45, 2.75) is 142 Å². The van der Waals surface area contributed by atoms with Crippen molar-refractivity contribution < 1.29 is 115 Å². The molecule has 0 saturated carbocycles. The Morgan fingerprint density at radius 2 is 1.25 bits per heavy atom. The minimum absolute atomic E-state index is 0.0629. The minimum Gasteiger partial charge on any atom is -0.394 e. The molecule has 0 spiro atoms. The average molecular weight is 822 g/mol. The molecule has 0 aromatic heterocycles. The molecule has 56 heavy (non-hydrogen) atoms. The van der Waals surface area contributed by atoms with Gasteiger partial charge in [-0.25, -0.2) is 0 Å². The van der Waals surface area contributed by atoms with Gasteiger partial charge in [0.2, 0.25) is 0 Å². The summed E-state index contributed by atoms with van der Waals surface area (Å²) in [7, 11) is 0. The summed E-state index contributed by atoms with van der Waals surface area (Å²) >= 11 is 0. The molecule has 1 aliphatic carbocycles. The van der Waals surface area contributed by atoms with Crippen LogP contribution in [0.1, 0.15) is 6.92 Å². The Kier molecular flexibility index (Phi) is 17.4. The molecular formula is C32H55NO23. The topological polar surface area (TPSA) is 408 Å². The van der Waals surface area contributed by atoms with Crippen LogP contribution in [0.4, 0.5) is 0 Å². The van der Waals surface area contributed by atoms with Gasteiger partial charge in [-0.15, -0.1) is 0 Å². The molecule has 0 aromatic rings. The zero-order chi connectivity index (χ0) is 41.8. The lowest BCUT2D eigenvalue weighted by Gasteiger charge is -2.48. The van der Waals surface area contributed by atoms with Crippen molar-refractivity contribution in [1.82, 2.24) is 5.32 Å². The number of nitrogens with one attached hydrogen (secondary N) is 1. The molecule has 0 radical (unpaired) electrons. The van der Waals surface area contributed by atoms with E-state index in [1.807, 2.05) is 0 Å². The van der Waals surface area contributed by atoms with E-state index in [9.17, 15) is 86.5 Å². The van der Waals surface area contributed by atoms with Crippen LogP contribution in [0, 0.1) is 5.92 Å². The fourth-order valence-electron chi connectivity index (χ4n) is 7.08. The molecular weight excluding hydrogens is 766 g/mol. The number of carbonyl (C=O) groups is 1. The number of rotatable bonds is 17. The molecule has 0 amide bonds. The molecule has 3 fully saturated rings. The van der Waals surface area contributed by atoms with Crippen LogP contribution in [0.25, 0.3) is 0 Å². The molecule has 0 aromatic carbocycles. The summed E-state index contributed by atoms with van der Waals surface area (Å²) in [5.41, 5.74) is -0.0629. The Bertz CT molecular complexity index is 1250. The van der Waals surface area contributed by atoms with Gasteiger partial charge >= 0.3 is 0 Å². The number of carbonyl (C=O) groups excluding carboxylic acids is 1. The van der Waals surface area contributed by atoms with E-state index in [2.05, 4.69) is 5.32 Å². The van der Waals surface area contributed by atoms with Crippen LogP contribution >= 0.6 is 0 Å². The highest BCUT2D eigenvalue weighted by atomic mass is 16.7. The molecule has 24 heteroatoms. The molecule has 326 valence electrons. The van der Waals surface area contributed by atoms with Crippen LogP contribution < -0.4 is 5.32 Å². The Balaban J connectivity index is 1.46. The summed E-state index contributed by atoms with van der Waals surface area (Å²) < 4.78 is 33.2. The number of ether oxygens (including phenoxy) is 6. The van der Waals surface area contributed by atoms with Crippen molar-refractivity contribution in [2.75, 3.05) is 33.0 Å². The highest BCUT2D eigenvalue weighted by Crippen LogP contribution is 2.34. The van der Waals surface area contributed by atoms with Crippen molar-refractivity contribution >= 4 is 6.29 Å². The second kappa shape index (κ2) is 20.6. The van der Waals surface area contributed by atoms with Gasteiger partial charge in [-0.1, -0.05) is 13.0 Å². The summed E-state index contributed by atoms with van der Waals surface area (Å²) in [5, 5.41) is 169. The predicted molar refractivity (Wildman–Crippen MR) is 176 cm³/mol. The van der Waals surface area contributed by atoms with E-state index in [0.29, 0.717) is 0 Å². The Labute approximate surface area is 318 Å². The average Bonchev–Trinajstić information content (AvgIpc) is 3.20. The van der Waals surface area contributed by atoms with Gasteiger partial charge in [0.1, 0.15) is 91.6 Å². The van der Waals surface area contributed by atoms with Crippen LogP contribution in [0.3, 0.4) is 0 Å². The highest BCUT2D eigenvalue weighted by Gasteiger charge is 2.53. The first-order chi connectivity index (χ1) is 26.5. The Hall–Kier alpha value is -1.51. The largest absolute Gasteiger partial charge is 0.394 e. The van der Waals surface area contributed by atoms with Crippen LogP contribution in [0.15, 0.2) is 11.6 Å². The number of aliphatic hydroxyl groups is 16. The van der Waals surface area contributed by atoms with E-state index in [0.717, 1.165) is 0 Å². The third-order valence-electron chi connectivity index (χ3n) is 10.6. The highest BCUT2D eigenvalue weighted by molar-refractivity contribution is 5.56. The fourth-order valence-corrected chi connectivity index (χ4v) is 7.08. The number of aliphatic hydroxyl groups excluding tert-OH is 16. The Morgan fingerprint density at radius 1 is 0.696 bits per heavy atom. The van der Waals surface area contributed by atoms with E-state index in [1.54, 1.807) is 0 Å². The van der Waals surface area contributed by atoms with Crippen molar-refractivity contribution in [2.24, 2.45) is 5.92 Å². The molecule has 3 aliphatic heterocycles. The maximum absolute atomic E-state index is 11.2. The molecule has 17 N–H and O–H groups in total. The lowest BCUT2D eigenvalue weighted by molar-refractivity contribution is -0.362. The molecule has 3 saturated heterocycles. The number of aldehydes is 1. The summed E-state index contributed by atoms with van der Waals surface area (Å²) in [6.07, 6.45) is -34.8. The zero-order valence-corrected chi connectivity index (χ0v) is 30.0. The molecule has 4 aliphatic rings. The second-order valence-corrected chi connectivity index (χ2v) is 14.2. The van der Waals surface area contributed by atoms with Gasteiger partial charge in [0, 0.05) is 5.92 Å². The van der Waals surface area contributed by atoms with Crippen molar-refractivity contribution in [1.29, 1.82) is 0 Å². The van der Waals surface area contributed by atoms with E-state index < -0.39 is 174 Å². The molecule has 4 rings (SSSR count). The van der Waals surface area contributed by atoms with E-state index in [-0.39, 0.29) is 11.9 Å². The molecule has 3 heterocycles. The summed E-state index contributed by atoms with van der Waals surface area (Å²) in [6.45, 7) is -2.70. The standard InChI is InChI=1S/C32H55NO23/c1-9-14(6-37)51-30(24(48)18(9)42)54-27-10(3-34)2-11(19(43)22(27)46)33-17-15(7-38)52-31(25(49)21(17)45)56-29-16(8-39)53-32(26(50)23(29)47)55-28(13(41)5-36)20(44)12(40)4-35/h2,4,9,11-34,36-50H,3,5-8H2,1H3. The quantitative estimate of drug-likeness (QED) is 0.0478. The molecule has 23 unspecified atom stereocenters. The maximum atomic E-state index is 11.2. The Morgan fingerprint density at radius 3 is 1.82 bits per heavy atom. The second-order valence-electron chi connectivity index (χ2n) is 14.2. The third-order valence-corrected chi connectivity index (χ3v) is 10.6. The van der Waals surface area contributed by atoms with Gasteiger partial charge in [0.25, 0.3) is 0 Å². The molecule has 23 atom stereocenters. The van der Waals surface area contributed by atoms with Gasteiger partial charge in [-0.2, -0.15) is 0 Å². The fraction of sp³-hybridized carbons (Fsp3) is 0.906. The lowest BCUT2D eigenvalue weighted by atomic mass is 9.86. The maximum Gasteiger partial charge on any atom is 0.187 e. The van der Waals surface area contributed by atoms with Crippen molar-refractivity contribution in [3.05, 3.63) is 11.6 Å². The zero-order valence-electron chi connectivity index (χ0n) is 30.0. The first kappa shape index (κ1) is 47.2. The van der Waals surface area contributed by atoms with E-state index in [4.69, 9.17) is 28.4 Å². The van der Waals surface area contributed by atoms with Crippen LogP contribution in [-0.2, 0) is 33.2 Å². The number of hydrogen-bond donors (Lipinski definition) is 17. The van der Waals surface area contributed by atoms with E-state index in [1.165, 1.54) is 13.0 Å². The summed E-state index contributed by atoms with van der Waals surface area (Å²) in [4.78, 5) is 11.0. The minimum atomic E-state index is -2.16. The van der Waals surface area contributed by atoms with Gasteiger partial charge in [-0.05, 0) is 5.57 Å². The van der Waals surface area contributed by atoms with Crippen LogP contribution in [0.2, 0.25) is 0 Å². The molecule has 0 bridgehead atoms. The van der Waals surface area contributed by atoms with Gasteiger partial charge in [0.15, 0.2) is 25.2 Å². The van der Waals surface area contributed by atoms with Crippen molar-refractivity contribution in [3.8, 4) is 0 Å². The first-order valence-electron chi connectivity index (χ1n) is 17.9. The predicted octanol–water partition coefficient (Wildman–Crippen LogP) is -10.7. The monoisotopic (exact) mass is 821 g/mol. The summed E-state index contributed by atoms with van der Waals surface area (Å²) in [6, 6.07) is -2.78. The van der Waals surface area contributed by atoms with Gasteiger partial charge in [-0.3, -0.25) is 0 Å². The lowest BCUT2D eigenvalue weighted by Crippen LogP contribution is -2.69. The third kappa shape index (κ3) is 9.91. The van der Waals surface area contributed by atoms with E-state index >= 15 is 0 Å². The molecule has 24 nitrogen and oxygen atoms in total. The van der Waals surface area contributed by atoms with Crippen LogP contribution in [0.5, 0.6) is 0 Å². The normalized spacial score (nSPS) is 45.7. The van der Waals surface area contributed by atoms with Gasteiger partial charge < -0.3 is 120 Å². The van der Waals surface area contributed by atoms with Gasteiger partial charge in [0.05, 0.1) is 57.3 Å². The SMILES string of the molecule is CC1C(CO)OC(OC2C(CO)=CC(NC3C(CO)OC(OC4C(CO)OC(OC(C(O)CO)C(O)C(O)C=O)C(O)C4O)C(O)C3O)C(O)C2O)C(O)C1O. The smallest absolute Gasteiger partial charge is 0.187 e. The number of hydrogen-bond acceptors (Lipinski definition) is 24. The first-order valence-corrected chi connectivity index (χ1v) is 17.9. The summed E-state index contributed by atoms with van der Waals surface area (Å²) in [5.74, 6) is -0.697. The van der Waals surface area contributed by atoms with Crippen LogP contribution in [-0.4, -0.2) is 256 Å². The van der Waals surface area contributed by atoms with Crippen molar-refractivity contribution in [3.63, 3.8) is 0 Å².